The van der Waals surface area contributed by atoms with Gasteiger partial charge in [-0.25, -0.2) is 8.78 Å². The minimum absolute atomic E-state index is 0.0154. The van der Waals surface area contributed by atoms with Gasteiger partial charge < -0.3 is 20.1 Å². The lowest BCUT2D eigenvalue weighted by atomic mass is 9.73. The molecule has 1 aliphatic carbocycles. The first-order valence-corrected chi connectivity index (χ1v) is 14.3. The maximum Gasteiger partial charge on any atom is 0.265 e. The summed E-state index contributed by atoms with van der Waals surface area (Å²) in [4.78, 5) is 17.0. The first-order chi connectivity index (χ1) is 19.5. The third-order valence-electron chi connectivity index (χ3n) is 8.93. The molecule has 1 amide bonds. The number of anilines is 2. The Kier molecular flexibility index (Phi) is 7.84. The fourth-order valence-electron chi connectivity index (χ4n) is 6.64. The zero-order valence-corrected chi connectivity index (χ0v) is 23.9. The molecule has 2 N–H and O–H groups in total. The zero-order chi connectivity index (χ0) is 29.5. The fourth-order valence-corrected chi connectivity index (χ4v) is 6.64. The van der Waals surface area contributed by atoms with Gasteiger partial charge in [0, 0.05) is 23.8 Å². The Balaban J connectivity index is 1.26. The van der Waals surface area contributed by atoms with Gasteiger partial charge in [-0.3, -0.25) is 9.69 Å². The zero-order valence-electron chi connectivity index (χ0n) is 23.9. The maximum atomic E-state index is 14.4. The molecule has 1 spiro atoms. The van der Waals surface area contributed by atoms with Crippen LogP contribution in [0.15, 0.2) is 43.1 Å². The molecule has 0 radical (unpaired) electrons. The van der Waals surface area contributed by atoms with Crippen molar-refractivity contribution >= 4 is 17.3 Å². The first kappa shape index (κ1) is 29.0. The van der Waals surface area contributed by atoms with E-state index in [-0.39, 0.29) is 23.4 Å². The van der Waals surface area contributed by atoms with Gasteiger partial charge in [-0.2, -0.15) is 5.26 Å². The molecule has 1 saturated heterocycles. The van der Waals surface area contributed by atoms with E-state index in [1.54, 1.807) is 30.2 Å². The molecule has 1 saturated carbocycles. The number of halogens is 2. The van der Waals surface area contributed by atoms with Crippen molar-refractivity contribution in [3.63, 3.8) is 0 Å². The number of benzene rings is 2. The number of piperidine rings is 1. The van der Waals surface area contributed by atoms with E-state index in [1.165, 1.54) is 6.07 Å². The minimum atomic E-state index is -2.70. The van der Waals surface area contributed by atoms with E-state index in [0.717, 1.165) is 16.8 Å². The highest BCUT2D eigenvalue weighted by atomic mass is 19.3. The Morgan fingerprint density at radius 3 is 2.51 bits per heavy atom. The van der Waals surface area contributed by atoms with E-state index in [0.29, 0.717) is 68.9 Å². The van der Waals surface area contributed by atoms with E-state index < -0.39 is 17.4 Å². The lowest BCUT2D eigenvalue weighted by molar-refractivity contribution is -0.122. The summed E-state index contributed by atoms with van der Waals surface area (Å²) in [6.07, 6.45) is 1.12. The van der Waals surface area contributed by atoms with Crippen LogP contribution >= 0.6 is 0 Å². The number of hydrogen-bond donors (Lipinski definition) is 2. The number of carbonyl (C=O) groups is 1. The molecule has 0 bridgehead atoms. The second-order valence-corrected chi connectivity index (χ2v) is 12.2. The molecule has 2 aliphatic heterocycles. The van der Waals surface area contributed by atoms with Gasteiger partial charge in [0.1, 0.15) is 12.4 Å². The Bertz CT molecular complexity index is 1340. The van der Waals surface area contributed by atoms with Crippen LogP contribution in [-0.2, 0) is 10.2 Å². The van der Waals surface area contributed by atoms with Gasteiger partial charge in [0.05, 0.1) is 28.3 Å². The van der Waals surface area contributed by atoms with Crippen molar-refractivity contribution in [1.82, 2.24) is 4.90 Å². The van der Waals surface area contributed by atoms with E-state index >= 15 is 0 Å². The number of nitrogens with one attached hydrogen (secondary N) is 1. The van der Waals surface area contributed by atoms with Crippen LogP contribution in [0.1, 0.15) is 81.1 Å². The molecule has 2 heterocycles. The average molecular weight is 565 g/mol. The van der Waals surface area contributed by atoms with E-state index in [4.69, 9.17) is 4.74 Å². The van der Waals surface area contributed by atoms with Gasteiger partial charge in [-0.15, -0.1) is 0 Å². The molecule has 218 valence electrons. The van der Waals surface area contributed by atoms with Crippen LogP contribution in [0.25, 0.3) is 0 Å². The van der Waals surface area contributed by atoms with Gasteiger partial charge in [0.15, 0.2) is 0 Å². The van der Waals surface area contributed by atoms with Crippen molar-refractivity contribution in [1.29, 1.82) is 5.26 Å². The summed E-state index contributed by atoms with van der Waals surface area (Å²) >= 11 is 0. The van der Waals surface area contributed by atoms with Crippen molar-refractivity contribution in [2.45, 2.75) is 75.9 Å². The van der Waals surface area contributed by atoms with Crippen molar-refractivity contribution in [3.05, 3.63) is 65.4 Å². The molecule has 7 nitrogen and oxygen atoms in total. The molecule has 41 heavy (non-hydrogen) atoms. The summed E-state index contributed by atoms with van der Waals surface area (Å²) < 4.78 is 34.8. The number of carbonyl (C=O) groups excluding carboxylic acids is 1. The number of hydrogen-bond acceptors (Lipinski definition) is 6. The number of aliphatic hydroxyl groups is 1. The fraction of sp³-hybridized carbons (Fsp3) is 0.500. The predicted molar refractivity (Wildman–Crippen MR) is 154 cm³/mol. The van der Waals surface area contributed by atoms with Crippen LogP contribution in [0.5, 0.6) is 5.75 Å². The summed E-state index contributed by atoms with van der Waals surface area (Å²) in [6.45, 7) is 11.9. The predicted octanol–water partition coefficient (Wildman–Crippen LogP) is 5.85. The highest BCUT2D eigenvalue weighted by Gasteiger charge is 2.48. The average Bonchev–Trinajstić information content (AvgIpc) is 3.19. The van der Waals surface area contributed by atoms with Gasteiger partial charge in [-0.05, 0) is 99.3 Å². The van der Waals surface area contributed by atoms with Crippen molar-refractivity contribution in [2.24, 2.45) is 0 Å². The first-order valence-electron chi connectivity index (χ1n) is 14.3. The second kappa shape index (κ2) is 11.1. The third-order valence-corrected chi connectivity index (χ3v) is 8.93. The topological polar surface area (TPSA) is 88.8 Å². The molecule has 3 aliphatic rings. The lowest BCUT2D eigenvalue weighted by Gasteiger charge is -2.47. The maximum absolute atomic E-state index is 14.4. The van der Waals surface area contributed by atoms with Gasteiger partial charge in [0.25, 0.3) is 6.43 Å². The van der Waals surface area contributed by atoms with Crippen LogP contribution in [0.4, 0.5) is 20.2 Å². The number of alkyl halides is 2. The molecule has 5 rings (SSSR count). The Labute approximate surface area is 240 Å². The molecular formula is C32H38F2N4O3. The molecule has 0 atom stereocenters. The lowest BCUT2D eigenvalue weighted by Crippen LogP contribution is -2.52. The summed E-state index contributed by atoms with van der Waals surface area (Å²) in [5.41, 5.74) is 1.91. The van der Waals surface area contributed by atoms with Crippen LogP contribution in [0.2, 0.25) is 0 Å². The molecule has 2 aromatic carbocycles. The Morgan fingerprint density at radius 1 is 1.24 bits per heavy atom. The minimum Gasteiger partial charge on any atom is -0.492 e. The monoisotopic (exact) mass is 564 g/mol. The van der Waals surface area contributed by atoms with Crippen LogP contribution in [-0.4, -0.2) is 53.8 Å². The highest BCUT2D eigenvalue weighted by Crippen LogP contribution is 2.46. The second-order valence-electron chi connectivity index (χ2n) is 12.2. The summed E-state index contributed by atoms with van der Waals surface area (Å²) in [7, 11) is 0. The summed E-state index contributed by atoms with van der Waals surface area (Å²) in [6, 6.07) is 10.7. The number of amides is 1. The van der Waals surface area contributed by atoms with E-state index in [2.05, 4.69) is 22.9 Å². The van der Waals surface area contributed by atoms with Crippen molar-refractivity contribution in [3.8, 4) is 11.8 Å². The molecule has 9 heteroatoms. The normalized spacial score (nSPS) is 23.2. The summed E-state index contributed by atoms with van der Waals surface area (Å²) in [5.74, 6) is 0.353. The Morgan fingerprint density at radius 2 is 1.93 bits per heavy atom. The molecule has 2 aromatic rings. The SMILES string of the molecule is C=CN(c1c(C(C)C)cc(OCCN2CCC3(CC2)C(=O)Nc2ccc(C#N)cc23)cc1C(F)F)C1CC(C)(O)C1. The number of nitrogens with zero attached hydrogens (tertiary/aromatic N) is 3. The number of ether oxygens (including phenoxy) is 1. The van der Waals surface area contributed by atoms with Gasteiger partial charge in [-0.1, -0.05) is 20.4 Å². The van der Waals surface area contributed by atoms with Gasteiger partial charge in [0.2, 0.25) is 5.91 Å². The highest BCUT2D eigenvalue weighted by molar-refractivity contribution is 6.06. The molecule has 2 fully saturated rings. The van der Waals surface area contributed by atoms with E-state index in [9.17, 15) is 23.9 Å². The third kappa shape index (κ3) is 5.43. The molecule has 0 unspecified atom stereocenters. The van der Waals surface area contributed by atoms with Gasteiger partial charge >= 0.3 is 0 Å². The number of rotatable bonds is 9. The van der Waals surface area contributed by atoms with Crippen molar-refractivity contribution < 1.29 is 23.4 Å². The number of nitriles is 1. The number of likely N-dealkylation sites (tertiary alicyclic amines) is 1. The standard InChI is InChI=1S/C32H38F2N4O3/c1-5-38(22-17-31(4,40)18-22)28-24(20(2)3)15-23(16-25(28)29(33)34)41-13-12-37-10-8-32(9-11-37)26-14-21(19-35)6-7-27(26)36-30(32)39/h5-7,14-16,20,22,29,40H,1,8-13,17-18H2,2-4H3,(H,36,39). The Hall–Kier alpha value is -3.48. The number of fused-ring (bicyclic) bond motifs is 2. The largest absolute Gasteiger partial charge is 0.492 e. The molecular weight excluding hydrogens is 526 g/mol. The van der Waals surface area contributed by atoms with Crippen LogP contribution in [0, 0.1) is 11.3 Å². The summed E-state index contributed by atoms with van der Waals surface area (Å²) in [5, 5.41) is 22.6. The van der Waals surface area contributed by atoms with Crippen LogP contribution < -0.4 is 15.0 Å². The molecule has 0 aromatic heterocycles. The van der Waals surface area contributed by atoms with E-state index in [1.807, 2.05) is 26.0 Å². The van der Waals surface area contributed by atoms with Crippen molar-refractivity contribution in [2.75, 3.05) is 36.5 Å². The quantitative estimate of drug-likeness (QED) is 0.398. The smallest absolute Gasteiger partial charge is 0.265 e. The van der Waals surface area contributed by atoms with Crippen LogP contribution in [0.3, 0.4) is 0 Å².